The average Bonchev–Trinajstić information content (AvgIpc) is 2.35. The minimum absolute atomic E-state index is 0.205. The third-order valence-corrected chi connectivity index (χ3v) is 3.09. The van der Waals surface area contributed by atoms with Crippen LogP contribution >= 0.6 is 0 Å². The molecule has 0 aromatic heterocycles. The van der Waals surface area contributed by atoms with Crippen molar-refractivity contribution >= 4 is 5.97 Å². The summed E-state index contributed by atoms with van der Waals surface area (Å²) in [5.41, 5.74) is 6.22. The molecule has 0 spiro atoms. The number of aliphatic hydroxyl groups excluding tert-OH is 1. The predicted molar refractivity (Wildman–Crippen MR) is 72.1 cm³/mol. The Hall–Kier alpha value is -1.59. The molecule has 0 aliphatic carbocycles. The number of nitrogens with two attached hydrogens (primary N) is 1. The van der Waals surface area contributed by atoms with Gasteiger partial charge in [-0.1, -0.05) is 19.9 Å². The summed E-state index contributed by atoms with van der Waals surface area (Å²) >= 11 is 0. The molecule has 19 heavy (non-hydrogen) atoms. The van der Waals surface area contributed by atoms with Gasteiger partial charge in [0.15, 0.2) is 0 Å². The van der Waals surface area contributed by atoms with Gasteiger partial charge < -0.3 is 21.1 Å². The van der Waals surface area contributed by atoms with Crippen LogP contribution in [-0.4, -0.2) is 27.4 Å². The van der Waals surface area contributed by atoms with E-state index in [-0.39, 0.29) is 11.3 Å². The Balaban J connectivity index is 2.84. The second kappa shape index (κ2) is 6.54. The van der Waals surface area contributed by atoms with Gasteiger partial charge in [0.25, 0.3) is 0 Å². The highest BCUT2D eigenvalue weighted by Crippen LogP contribution is 2.25. The summed E-state index contributed by atoms with van der Waals surface area (Å²) in [7, 11) is 0. The molecule has 1 aromatic carbocycles. The summed E-state index contributed by atoms with van der Waals surface area (Å²) in [6, 6.07) is 3.47. The molecule has 0 radical (unpaired) electrons. The van der Waals surface area contributed by atoms with Crippen molar-refractivity contribution < 1.29 is 20.1 Å². The van der Waals surface area contributed by atoms with Gasteiger partial charge in [0, 0.05) is 0 Å². The Labute approximate surface area is 112 Å². The number of carboxylic acids is 1. The van der Waals surface area contributed by atoms with Gasteiger partial charge in [0.1, 0.15) is 11.3 Å². The van der Waals surface area contributed by atoms with Crippen LogP contribution in [0.5, 0.6) is 5.75 Å². The monoisotopic (exact) mass is 267 g/mol. The first kappa shape index (κ1) is 15.5. The molecule has 0 aliphatic rings. The zero-order valence-corrected chi connectivity index (χ0v) is 11.2. The summed E-state index contributed by atoms with van der Waals surface area (Å²) in [5, 5.41) is 28.3. The number of hydrogen-bond donors (Lipinski definition) is 4. The maximum Gasteiger partial charge on any atom is 0.339 e. The normalized spacial score (nSPS) is 14.4. The molecule has 5 N–H and O–H groups in total. The Bertz CT molecular complexity index is 445. The Morgan fingerprint density at radius 1 is 1.32 bits per heavy atom. The van der Waals surface area contributed by atoms with Crippen LogP contribution in [0.15, 0.2) is 18.2 Å². The van der Waals surface area contributed by atoms with Crippen LogP contribution in [0.4, 0.5) is 0 Å². The van der Waals surface area contributed by atoms with Crippen molar-refractivity contribution in [3.8, 4) is 5.75 Å². The lowest BCUT2D eigenvalue weighted by molar-refractivity contribution is 0.0693. The van der Waals surface area contributed by atoms with E-state index in [9.17, 15) is 15.0 Å². The number of hydrogen-bond acceptors (Lipinski definition) is 4. The number of rotatable bonds is 6. The predicted octanol–water partition coefficient (Wildman–Crippen LogP) is 1.89. The Morgan fingerprint density at radius 2 is 1.95 bits per heavy atom. The highest BCUT2D eigenvalue weighted by atomic mass is 16.4. The first-order valence-corrected chi connectivity index (χ1v) is 6.32. The van der Waals surface area contributed by atoms with Gasteiger partial charge in [-0.2, -0.15) is 0 Å². The summed E-state index contributed by atoms with van der Waals surface area (Å²) in [6.45, 7) is 4.11. The van der Waals surface area contributed by atoms with E-state index >= 15 is 0 Å². The molecule has 106 valence electrons. The lowest BCUT2D eigenvalue weighted by Crippen LogP contribution is -2.26. The Morgan fingerprint density at radius 3 is 2.47 bits per heavy atom. The van der Waals surface area contributed by atoms with Gasteiger partial charge in [-0.3, -0.25) is 0 Å². The van der Waals surface area contributed by atoms with E-state index in [0.717, 1.165) is 6.42 Å². The second-order valence-electron chi connectivity index (χ2n) is 5.15. The zero-order valence-electron chi connectivity index (χ0n) is 11.2. The molecule has 5 heteroatoms. The molecule has 0 fully saturated rings. The first-order chi connectivity index (χ1) is 8.82. The van der Waals surface area contributed by atoms with Gasteiger partial charge in [-0.25, -0.2) is 4.79 Å². The minimum atomic E-state index is -1.22. The summed E-state index contributed by atoms with van der Waals surface area (Å²) in [5.74, 6) is -1.06. The SMILES string of the molecule is CC(C)CC[C@@H](O)[C@@H](N)c1ccc(O)c(C(=O)O)c1. The molecule has 2 atom stereocenters. The molecular weight excluding hydrogens is 246 g/mol. The smallest absolute Gasteiger partial charge is 0.339 e. The molecule has 1 rings (SSSR count). The molecular formula is C14H21NO4. The fourth-order valence-corrected chi connectivity index (χ4v) is 1.84. The van der Waals surface area contributed by atoms with E-state index in [1.807, 2.05) is 0 Å². The first-order valence-electron chi connectivity index (χ1n) is 6.32. The van der Waals surface area contributed by atoms with Crippen LogP contribution in [0, 0.1) is 5.92 Å². The molecule has 0 aliphatic heterocycles. The fraction of sp³-hybridized carbons (Fsp3) is 0.500. The van der Waals surface area contributed by atoms with Gasteiger partial charge in [0.2, 0.25) is 0 Å². The van der Waals surface area contributed by atoms with Crippen molar-refractivity contribution in [3.05, 3.63) is 29.3 Å². The van der Waals surface area contributed by atoms with E-state index in [1.54, 1.807) is 0 Å². The summed E-state index contributed by atoms with van der Waals surface area (Å²) < 4.78 is 0. The van der Waals surface area contributed by atoms with Crippen LogP contribution in [-0.2, 0) is 0 Å². The molecule has 0 saturated carbocycles. The van der Waals surface area contributed by atoms with Crippen molar-refractivity contribution in [2.75, 3.05) is 0 Å². The largest absolute Gasteiger partial charge is 0.507 e. The summed E-state index contributed by atoms with van der Waals surface area (Å²) in [6.07, 6.45) is 0.675. The van der Waals surface area contributed by atoms with Crippen LogP contribution in [0.1, 0.15) is 48.7 Å². The van der Waals surface area contributed by atoms with Crippen molar-refractivity contribution in [1.82, 2.24) is 0 Å². The average molecular weight is 267 g/mol. The number of aromatic hydroxyl groups is 1. The van der Waals surface area contributed by atoms with Crippen LogP contribution in [0.3, 0.4) is 0 Å². The third kappa shape index (κ3) is 4.22. The van der Waals surface area contributed by atoms with E-state index in [0.29, 0.717) is 17.9 Å². The van der Waals surface area contributed by atoms with Crippen LogP contribution in [0.2, 0.25) is 0 Å². The summed E-state index contributed by atoms with van der Waals surface area (Å²) in [4.78, 5) is 10.9. The molecule has 1 aromatic rings. The van der Waals surface area contributed by atoms with Gasteiger partial charge >= 0.3 is 5.97 Å². The molecule has 0 bridgehead atoms. The number of carboxylic acid groups (broad SMARTS) is 1. The lowest BCUT2D eigenvalue weighted by Gasteiger charge is -2.20. The van der Waals surface area contributed by atoms with Crippen molar-refractivity contribution in [1.29, 1.82) is 0 Å². The van der Waals surface area contributed by atoms with Gasteiger partial charge in [0.05, 0.1) is 12.1 Å². The molecule has 0 saturated heterocycles. The third-order valence-electron chi connectivity index (χ3n) is 3.09. The number of aliphatic hydroxyl groups is 1. The molecule has 5 nitrogen and oxygen atoms in total. The van der Waals surface area contributed by atoms with Crippen molar-refractivity contribution in [2.45, 2.75) is 38.8 Å². The quantitative estimate of drug-likeness (QED) is 0.630. The molecule has 0 unspecified atom stereocenters. The molecule has 0 heterocycles. The van der Waals surface area contributed by atoms with Crippen molar-refractivity contribution in [3.63, 3.8) is 0 Å². The number of benzene rings is 1. The van der Waals surface area contributed by atoms with E-state index in [2.05, 4.69) is 13.8 Å². The zero-order chi connectivity index (χ0) is 14.6. The van der Waals surface area contributed by atoms with Crippen molar-refractivity contribution in [2.24, 2.45) is 11.7 Å². The standard InChI is InChI=1S/C14H21NO4/c1-8(2)3-5-12(17)13(15)9-4-6-11(16)10(7-9)14(18)19/h4,6-8,12-13,16-17H,3,5,15H2,1-2H3,(H,18,19)/t12-,13+/m1/s1. The maximum atomic E-state index is 10.9. The fourth-order valence-electron chi connectivity index (χ4n) is 1.84. The van der Waals surface area contributed by atoms with E-state index in [1.165, 1.54) is 18.2 Å². The number of phenols is 1. The highest BCUT2D eigenvalue weighted by Gasteiger charge is 2.19. The Kier molecular flexibility index (Phi) is 5.32. The molecule has 0 amide bonds. The lowest BCUT2D eigenvalue weighted by atomic mass is 9.95. The van der Waals surface area contributed by atoms with Gasteiger partial charge in [-0.05, 0) is 36.5 Å². The number of carbonyl (C=O) groups is 1. The van der Waals surface area contributed by atoms with Crippen LogP contribution in [0.25, 0.3) is 0 Å². The minimum Gasteiger partial charge on any atom is -0.507 e. The maximum absolute atomic E-state index is 10.9. The van der Waals surface area contributed by atoms with Crippen LogP contribution < -0.4 is 5.73 Å². The van der Waals surface area contributed by atoms with Gasteiger partial charge in [-0.15, -0.1) is 0 Å². The highest BCUT2D eigenvalue weighted by molar-refractivity contribution is 5.90. The topological polar surface area (TPSA) is 104 Å². The van der Waals surface area contributed by atoms with E-state index < -0.39 is 18.1 Å². The number of aromatic carboxylic acids is 1. The van der Waals surface area contributed by atoms with E-state index in [4.69, 9.17) is 10.8 Å². The second-order valence-corrected chi connectivity index (χ2v) is 5.15.